The summed E-state index contributed by atoms with van der Waals surface area (Å²) >= 11 is 6.36. The van der Waals surface area contributed by atoms with Crippen molar-refractivity contribution >= 4 is 50.7 Å². The summed E-state index contributed by atoms with van der Waals surface area (Å²) in [6, 6.07) is 4.15. The van der Waals surface area contributed by atoms with Gasteiger partial charge in [-0.05, 0) is 46.7 Å². The van der Waals surface area contributed by atoms with Crippen molar-refractivity contribution in [3.8, 4) is 0 Å². The minimum Gasteiger partial charge on any atom is -0.398 e. The molecular weight excluding hydrogens is 301 g/mol. The van der Waals surface area contributed by atoms with Crippen LogP contribution in [0.2, 0.25) is 0 Å². The number of hydrogen-bond donors (Lipinski definition) is 2. The van der Waals surface area contributed by atoms with Crippen LogP contribution >= 0.6 is 45.0 Å². The second-order valence-corrected chi connectivity index (χ2v) is 5.00. The lowest BCUT2D eigenvalue weighted by Gasteiger charge is -2.08. The highest BCUT2D eigenvalue weighted by atomic mass is 127. The second-order valence-electron chi connectivity index (χ2n) is 2.52. The summed E-state index contributed by atoms with van der Waals surface area (Å²) in [5.41, 5.74) is 9.22. The number of nitrogen functional groups attached to an aromatic ring is 1. The molecule has 4 heteroatoms. The van der Waals surface area contributed by atoms with E-state index in [1.807, 2.05) is 6.07 Å². The molecule has 0 radical (unpaired) electrons. The number of hydrogen-bond acceptors (Lipinski definition) is 3. The highest BCUT2D eigenvalue weighted by molar-refractivity contribution is 14.1. The van der Waals surface area contributed by atoms with E-state index < -0.39 is 0 Å². The van der Waals surface area contributed by atoms with Crippen LogP contribution < -0.4 is 5.73 Å². The highest BCUT2D eigenvalue weighted by Gasteiger charge is 2.03. The van der Waals surface area contributed by atoms with Gasteiger partial charge in [0.15, 0.2) is 0 Å². The highest BCUT2D eigenvalue weighted by Crippen LogP contribution is 2.26. The van der Waals surface area contributed by atoms with E-state index in [0.29, 0.717) is 0 Å². The largest absolute Gasteiger partial charge is 0.398 e. The Morgan fingerprint density at radius 3 is 2.83 bits per heavy atom. The van der Waals surface area contributed by atoms with Crippen LogP contribution in [0.3, 0.4) is 0 Å². The number of anilines is 1. The van der Waals surface area contributed by atoms with Crippen LogP contribution in [0.1, 0.15) is 11.1 Å². The van der Waals surface area contributed by atoms with Crippen molar-refractivity contribution in [2.75, 3.05) is 5.73 Å². The Morgan fingerprint density at radius 1 is 1.58 bits per heavy atom. The van der Waals surface area contributed by atoms with Gasteiger partial charge in [0.2, 0.25) is 0 Å². The number of thiol groups is 1. The van der Waals surface area contributed by atoms with Crippen molar-refractivity contribution in [1.29, 1.82) is 0 Å². The SMILES string of the molecule is Cc1c(CSS)ccc(I)c1N. The van der Waals surface area contributed by atoms with Crippen molar-refractivity contribution < 1.29 is 0 Å². The number of halogens is 1. The average Bonchev–Trinajstić information content (AvgIpc) is 2.07. The monoisotopic (exact) mass is 311 g/mol. The van der Waals surface area contributed by atoms with E-state index in [-0.39, 0.29) is 0 Å². The van der Waals surface area contributed by atoms with Crippen molar-refractivity contribution in [2.24, 2.45) is 0 Å². The first kappa shape index (κ1) is 10.5. The maximum atomic E-state index is 5.87. The zero-order valence-corrected chi connectivity index (χ0v) is 10.5. The van der Waals surface area contributed by atoms with Crippen molar-refractivity contribution in [1.82, 2.24) is 0 Å². The van der Waals surface area contributed by atoms with Crippen LogP contribution in [-0.2, 0) is 5.75 Å². The van der Waals surface area contributed by atoms with Crippen LogP contribution in [0.15, 0.2) is 12.1 Å². The molecule has 1 nitrogen and oxygen atoms in total. The van der Waals surface area contributed by atoms with Gasteiger partial charge in [-0.2, -0.15) is 0 Å². The van der Waals surface area contributed by atoms with Crippen LogP contribution in [0.5, 0.6) is 0 Å². The Kier molecular flexibility index (Phi) is 4.05. The summed E-state index contributed by atoms with van der Waals surface area (Å²) in [6.07, 6.45) is 0. The Balaban J connectivity index is 3.08. The van der Waals surface area contributed by atoms with E-state index >= 15 is 0 Å². The van der Waals surface area contributed by atoms with Crippen molar-refractivity contribution in [2.45, 2.75) is 12.7 Å². The fourth-order valence-corrected chi connectivity index (χ4v) is 2.42. The predicted octanol–water partition coefficient (Wildman–Crippen LogP) is 3.26. The molecule has 0 spiro atoms. The van der Waals surface area contributed by atoms with Gasteiger partial charge in [0.1, 0.15) is 0 Å². The molecule has 0 heterocycles. The molecule has 12 heavy (non-hydrogen) atoms. The van der Waals surface area contributed by atoms with Crippen LogP contribution in [0.25, 0.3) is 0 Å². The van der Waals surface area contributed by atoms with Crippen LogP contribution in [0, 0.1) is 10.5 Å². The molecule has 1 rings (SSSR count). The molecule has 0 amide bonds. The van der Waals surface area contributed by atoms with Gasteiger partial charge in [0, 0.05) is 15.0 Å². The van der Waals surface area contributed by atoms with Crippen LogP contribution in [0.4, 0.5) is 5.69 Å². The molecule has 0 atom stereocenters. The first-order valence-electron chi connectivity index (χ1n) is 3.46. The first-order chi connectivity index (χ1) is 5.66. The number of nitrogens with two attached hydrogens (primary N) is 1. The van der Waals surface area contributed by atoms with Gasteiger partial charge in [-0.3, -0.25) is 0 Å². The van der Waals surface area contributed by atoms with Gasteiger partial charge < -0.3 is 5.73 Å². The predicted molar refractivity (Wildman–Crippen MR) is 68.6 cm³/mol. The van der Waals surface area contributed by atoms with E-state index in [1.54, 1.807) is 0 Å². The van der Waals surface area contributed by atoms with E-state index in [9.17, 15) is 0 Å². The normalized spacial score (nSPS) is 10.2. The molecule has 0 unspecified atom stereocenters. The molecule has 0 aliphatic rings. The zero-order valence-electron chi connectivity index (χ0n) is 6.67. The molecule has 66 valence electrons. The van der Waals surface area contributed by atoms with Gasteiger partial charge in [-0.15, -0.1) is 11.7 Å². The summed E-state index contributed by atoms with van der Waals surface area (Å²) in [6.45, 7) is 2.05. The smallest absolute Gasteiger partial charge is 0.0482 e. The van der Waals surface area contributed by atoms with Crippen LogP contribution in [-0.4, -0.2) is 0 Å². The standard InChI is InChI=1S/C8H10INS2/c1-5-6(4-12-11)2-3-7(9)8(5)10/h2-3,11H,4,10H2,1H3. The molecule has 0 fully saturated rings. The summed E-state index contributed by atoms with van der Waals surface area (Å²) in [7, 11) is 1.52. The van der Waals surface area contributed by atoms with E-state index in [2.05, 4.69) is 47.2 Å². The Hall–Kier alpha value is 0.450. The van der Waals surface area contributed by atoms with Gasteiger partial charge in [-0.25, -0.2) is 0 Å². The molecule has 0 aliphatic carbocycles. The topological polar surface area (TPSA) is 26.0 Å². The molecule has 0 aromatic heterocycles. The average molecular weight is 311 g/mol. The third kappa shape index (κ3) is 2.23. The summed E-state index contributed by atoms with van der Waals surface area (Å²) in [4.78, 5) is 0. The fraction of sp³-hybridized carbons (Fsp3) is 0.250. The summed E-state index contributed by atoms with van der Waals surface area (Å²) in [5.74, 6) is 0.913. The zero-order chi connectivity index (χ0) is 9.14. The Bertz CT molecular complexity index is 289. The maximum absolute atomic E-state index is 5.87. The van der Waals surface area contributed by atoms with Crippen molar-refractivity contribution in [3.63, 3.8) is 0 Å². The lowest BCUT2D eigenvalue weighted by atomic mass is 10.1. The Labute approximate surface area is 95.4 Å². The van der Waals surface area contributed by atoms with E-state index in [4.69, 9.17) is 5.73 Å². The summed E-state index contributed by atoms with van der Waals surface area (Å²) in [5, 5.41) is 0. The molecular formula is C8H10INS2. The summed E-state index contributed by atoms with van der Waals surface area (Å²) < 4.78 is 1.12. The maximum Gasteiger partial charge on any atom is 0.0482 e. The molecule has 1 aromatic carbocycles. The molecule has 0 aliphatic heterocycles. The number of benzene rings is 1. The van der Waals surface area contributed by atoms with Crippen molar-refractivity contribution in [3.05, 3.63) is 26.8 Å². The molecule has 1 aromatic rings. The minimum absolute atomic E-state index is 0.899. The van der Waals surface area contributed by atoms with Gasteiger partial charge >= 0.3 is 0 Å². The van der Waals surface area contributed by atoms with Gasteiger partial charge in [-0.1, -0.05) is 16.9 Å². The minimum atomic E-state index is 0.899. The Morgan fingerprint density at radius 2 is 2.25 bits per heavy atom. The molecule has 0 saturated heterocycles. The van der Waals surface area contributed by atoms with Gasteiger partial charge in [0.05, 0.1) is 0 Å². The van der Waals surface area contributed by atoms with E-state index in [1.165, 1.54) is 21.9 Å². The lowest BCUT2D eigenvalue weighted by Crippen LogP contribution is -1.96. The van der Waals surface area contributed by atoms with E-state index in [0.717, 1.165) is 15.0 Å². The fourth-order valence-electron chi connectivity index (χ4n) is 0.967. The molecule has 0 bridgehead atoms. The third-order valence-corrected chi connectivity index (χ3v) is 3.56. The van der Waals surface area contributed by atoms with Gasteiger partial charge in [0.25, 0.3) is 0 Å². The molecule has 2 N–H and O–H groups in total. The first-order valence-corrected chi connectivity index (χ1v) is 6.58. The number of rotatable bonds is 2. The lowest BCUT2D eigenvalue weighted by molar-refractivity contribution is 1.31. The molecule has 0 saturated carbocycles. The third-order valence-electron chi connectivity index (χ3n) is 1.79. The second kappa shape index (κ2) is 4.62. The quantitative estimate of drug-likeness (QED) is 0.379.